The van der Waals surface area contributed by atoms with E-state index < -0.39 is 23.0 Å². The topological polar surface area (TPSA) is 129 Å². The summed E-state index contributed by atoms with van der Waals surface area (Å²) in [6, 6.07) is 1.29. The quantitative estimate of drug-likeness (QED) is 0.279. The van der Waals surface area contributed by atoms with E-state index in [-0.39, 0.29) is 22.8 Å². The Morgan fingerprint density at radius 3 is 2.59 bits per heavy atom. The number of hydrogen-bond donors (Lipinski definition) is 2. The third-order valence-corrected chi connectivity index (χ3v) is 4.48. The van der Waals surface area contributed by atoms with Gasteiger partial charge in [-0.2, -0.15) is 0 Å². The zero-order valence-corrected chi connectivity index (χ0v) is 16.9. The molecule has 1 unspecified atom stereocenters. The van der Waals surface area contributed by atoms with Crippen molar-refractivity contribution in [1.29, 1.82) is 0 Å². The highest BCUT2D eigenvalue weighted by molar-refractivity contribution is 5.95. The number of nitro benzene ring substituents is 1. The van der Waals surface area contributed by atoms with Crippen molar-refractivity contribution in [1.82, 2.24) is 10.6 Å². The summed E-state index contributed by atoms with van der Waals surface area (Å²) in [4.78, 5) is 35.3. The van der Waals surface area contributed by atoms with Gasteiger partial charge in [0.05, 0.1) is 37.4 Å². The van der Waals surface area contributed by atoms with Crippen LogP contribution in [-0.2, 0) is 9.53 Å². The number of allylic oxidation sites excluding steroid dienone is 1. The smallest absolute Gasteiger partial charge is 0.337 e. The maximum Gasteiger partial charge on any atom is 0.337 e. The summed E-state index contributed by atoms with van der Waals surface area (Å²) in [5.41, 5.74) is 0.418. The minimum absolute atomic E-state index is 0.0120. The lowest BCUT2D eigenvalue weighted by Crippen LogP contribution is -2.45. The van der Waals surface area contributed by atoms with Crippen molar-refractivity contribution in [2.24, 2.45) is 0 Å². The zero-order valence-electron chi connectivity index (χ0n) is 16.9. The van der Waals surface area contributed by atoms with Crippen LogP contribution in [-0.4, -0.2) is 37.8 Å². The second-order valence-electron chi connectivity index (χ2n) is 6.45. The third kappa shape index (κ3) is 4.95. The fraction of sp³-hybridized carbons (Fsp3) is 0.474. The summed E-state index contributed by atoms with van der Waals surface area (Å²) in [6.07, 6.45) is 2.66. The molecule has 1 aliphatic rings. The van der Waals surface area contributed by atoms with Crippen LogP contribution >= 0.6 is 0 Å². The molecule has 1 aromatic carbocycles. The first-order valence-electron chi connectivity index (χ1n) is 9.19. The van der Waals surface area contributed by atoms with Crippen molar-refractivity contribution in [3.63, 3.8) is 0 Å². The van der Waals surface area contributed by atoms with E-state index in [9.17, 15) is 19.7 Å². The molecule has 0 radical (unpaired) electrons. The number of rotatable bonds is 9. The molecule has 0 aromatic heterocycles. The molecular weight excluding hydrogens is 382 g/mol. The lowest BCUT2D eigenvalue weighted by molar-refractivity contribution is -0.386. The number of benzene rings is 1. The molecule has 10 nitrogen and oxygen atoms in total. The molecule has 1 aliphatic heterocycles. The molecule has 2 amide bonds. The summed E-state index contributed by atoms with van der Waals surface area (Å²) in [6.45, 7) is 3.90. The van der Waals surface area contributed by atoms with Gasteiger partial charge in [0, 0.05) is 11.8 Å². The summed E-state index contributed by atoms with van der Waals surface area (Å²) >= 11 is 0. The second-order valence-corrected chi connectivity index (χ2v) is 6.45. The molecule has 158 valence electrons. The van der Waals surface area contributed by atoms with Gasteiger partial charge in [-0.05, 0) is 25.0 Å². The Hall–Kier alpha value is -3.30. The van der Waals surface area contributed by atoms with Gasteiger partial charge in [-0.3, -0.25) is 10.1 Å². The molecule has 0 fully saturated rings. The van der Waals surface area contributed by atoms with Gasteiger partial charge in [0.25, 0.3) is 0 Å². The number of esters is 1. The first kappa shape index (κ1) is 22.0. The van der Waals surface area contributed by atoms with Gasteiger partial charge in [-0.1, -0.05) is 19.8 Å². The number of ether oxygens (including phenoxy) is 3. The average molecular weight is 407 g/mol. The summed E-state index contributed by atoms with van der Waals surface area (Å²) < 4.78 is 15.7. The number of unbranched alkanes of at least 4 members (excludes halogenated alkanes) is 2. The van der Waals surface area contributed by atoms with E-state index in [1.807, 2.05) is 6.92 Å². The van der Waals surface area contributed by atoms with Crippen LogP contribution in [0.15, 0.2) is 23.4 Å². The fourth-order valence-electron chi connectivity index (χ4n) is 3.06. The number of hydrogen-bond acceptors (Lipinski definition) is 7. The predicted octanol–water partition coefficient (Wildman–Crippen LogP) is 2.97. The van der Waals surface area contributed by atoms with Gasteiger partial charge in [-0.15, -0.1) is 0 Å². The minimum Gasteiger partial charge on any atom is -0.493 e. The molecule has 2 rings (SSSR count). The van der Waals surface area contributed by atoms with E-state index in [0.29, 0.717) is 17.9 Å². The SMILES string of the molecule is CCCCCOc1c(OC)cc(C2NC(=O)NC(C)=C2C(=O)OC)cc1[N+](=O)[O-]. The van der Waals surface area contributed by atoms with E-state index in [0.717, 1.165) is 19.3 Å². The predicted molar refractivity (Wildman–Crippen MR) is 104 cm³/mol. The Balaban J connectivity index is 2.53. The van der Waals surface area contributed by atoms with Crippen LogP contribution in [0.2, 0.25) is 0 Å². The number of nitro groups is 1. The summed E-state index contributed by atoms with van der Waals surface area (Å²) in [5, 5.41) is 16.8. The van der Waals surface area contributed by atoms with Crippen molar-refractivity contribution < 1.29 is 28.7 Å². The first-order valence-corrected chi connectivity index (χ1v) is 9.19. The largest absolute Gasteiger partial charge is 0.493 e. The standard InChI is InChI=1S/C19H25N3O7/c1-5-6-7-8-29-17-13(22(25)26)9-12(10-14(17)27-3)16-15(18(23)28-4)11(2)20-19(24)21-16/h9-10,16H,5-8H2,1-4H3,(H2,20,21,24). The normalized spacial score (nSPS) is 16.0. The highest BCUT2D eigenvalue weighted by Gasteiger charge is 2.34. The molecule has 0 saturated carbocycles. The Bertz CT molecular complexity index is 835. The second kappa shape index (κ2) is 9.76. The van der Waals surface area contributed by atoms with Crippen LogP contribution in [0, 0.1) is 10.1 Å². The van der Waals surface area contributed by atoms with Gasteiger partial charge in [-0.25, -0.2) is 9.59 Å². The number of nitrogens with zero attached hydrogens (tertiary/aromatic N) is 1. The number of carbonyl (C=O) groups is 2. The van der Waals surface area contributed by atoms with Crippen LogP contribution < -0.4 is 20.1 Å². The van der Waals surface area contributed by atoms with Gasteiger partial charge in [0.15, 0.2) is 5.75 Å². The number of urea groups is 1. The van der Waals surface area contributed by atoms with E-state index in [1.165, 1.54) is 26.4 Å². The molecule has 0 spiro atoms. The highest BCUT2D eigenvalue weighted by atomic mass is 16.6. The Kier molecular flexibility index (Phi) is 7.40. The molecule has 0 saturated heterocycles. The molecule has 0 bridgehead atoms. The van der Waals surface area contributed by atoms with Gasteiger partial charge in [0.2, 0.25) is 5.75 Å². The maximum absolute atomic E-state index is 12.2. The van der Waals surface area contributed by atoms with E-state index in [1.54, 1.807) is 6.92 Å². The molecule has 10 heteroatoms. The number of nitrogens with one attached hydrogen (secondary N) is 2. The minimum atomic E-state index is -0.946. The van der Waals surface area contributed by atoms with Crippen molar-refractivity contribution >= 4 is 17.7 Å². The monoisotopic (exact) mass is 407 g/mol. The van der Waals surface area contributed by atoms with Crippen LogP contribution in [0.25, 0.3) is 0 Å². The van der Waals surface area contributed by atoms with Crippen molar-refractivity contribution in [2.45, 2.75) is 39.2 Å². The fourth-order valence-corrected chi connectivity index (χ4v) is 3.06. The van der Waals surface area contributed by atoms with Crippen molar-refractivity contribution in [3.8, 4) is 11.5 Å². The van der Waals surface area contributed by atoms with Crippen LogP contribution in [0.5, 0.6) is 11.5 Å². The van der Waals surface area contributed by atoms with E-state index in [4.69, 9.17) is 14.2 Å². The summed E-state index contributed by atoms with van der Waals surface area (Å²) in [5.74, 6) is -0.514. The lowest BCUT2D eigenvalue weighted by Gasteiger charge is -2.28. The molecule has 0 aliphatic carbocycles. The molecule has 1 heterocycles. The third-order valence-electron chi connectivity index (χ3n) is 4.48. The molecule has 29 heavy (non-hydrogen) atoms. The van der Waals surface area contributed by atoms with E-state index >= 15 is 0 Å². The zero-order chi connectivity index (χ0) is 21.6. The Labute approximate surface area is 168 Å². The lowest BCUT2D eigenvalue weighted by atomic mass is 9.94. The van der Waals surface area contributed by atoms with Crippen LogP contribution in [0.4, 0.5) is 10.5 Å². The maximum atomic E-state index is 12.2. The number of methoxy groups -OCH3 is 2. The van der Waals surface area contributed by atoms with Gasteiger partial charge < -0.3 is 24.8 Å². The van der Waals surface area contributed by atoms with Gasteiger partial charge >= 0.3 is 17.7 Å². The molecule has 1 atom stereocenters. The highest BCUT2D eigenvalue weighted by Crippen LogP contribution is 2.41. The average Bonchev–Trinajstić information content (AvgIpc) is 2.69. The first-order chi connectivity index (χ1) is 13.8. The molecule has 1 aromatic rings. The summed E-state index contributed by atoms with van der Waals surface area (Å²) in [7, 11) is 2.58. The van der Waals surface area contributed by atoms with Gasteiger partial charge in [0.1, 0.15) is 0 Å². The van der Waals surface area contributed by atoms with Crippen LogP contribution in [0.3, 0.4) is 0 Å². The Morgan fingerprint density at radius 2 is 2.00 bits per heavy atom. The number of carbonyl (C=O) groups excluding carboxylic acids is 2. The number of amides is 2. The Morgan fingerprint density at radius 1 is 1.28 bits per heavy atom. The van der Waals surface area contributed by atoms with E-state index in [2.05, 4.69) is 10.6 Å². The van der Waals surface area contributed by atoms with Crippen LogP contribution in [0.1, 0.15) is 44.7 Å². The van der Waals surface area contributed by atoms with Crippen molar-refractivity contribution in [3.05, 3.63) is 39.1 Å². The molecular formula is C19H25N3O7. The van der Waals surface area contributed by atoms with Crippen molar-refractivity contribution in [2.75, 3.05) is 20.8 Å². The molecule has 2 N–H and O–H groups in total.